The number of nitrogens with two attached hydrogens (primary N) is 1. The van der Waals surface area contributed by atoms with Gasteiger partial charge in [-0.3, -0.25) is 9.59 Å². The summed E-state index contributed by atoms with van der Waals surface area (Å²) in [6.07, 6.45) is 1.49. The van der Waals surface area contributed by atoms with Crippen LogP contribution in [-0.4, -0.2) is 28.5 Å². The largest absolute Gasteiger partial charge is 0.481 e. The normalized spacial score (nSPS) is 11.8. The summed E-state index contributed by atoms with van der Waals surface area (Å²) >= 11 is 0. The van der Waals surface area contributed by atoms with E-state index < -0.39 is 5.97 Å². The lowest BCUT2D eigenvalue weighted by Gasteiger charge is -2.10. The predicted octanol–water partition coefficient (Wildman–Crippen LogP) is 0.504. The number of nitrogens with zero attached hydrogens (tertiary/aromatic N) is 1. The Labute approximate surface area is 98.8 Å². The molecule has 17 heavy (non-hydrogen) atoms. The fourth-order valence-corrected chi connectivity index (χ4v) is 1.33. The third-order valence-corrected chi connectivity index (χ3v) is 2.19. The molecule has 0 aromatic carbocycles. The molecule has 1 aromatic heterocycles. The second-order valence-corrected chi connectivity index (χ2v) is 3.85. The van der Waals surface area contributed by atoms with Gasteiger partial charge in [0.15, 0.2) is 5.69 Å². The van der Waals surface area contributed by atoms with Gasteiger partial charge in [0, 0.05) is 19.2 Å². The van der Waals surface area contributed by atoms with Gasteiger partial charge in [-0.05, 0) is 18.1 Å². The summed E-state index contributed by atoms with van der Waals surface area (Å²) in [5.74, 6) is -1.41. The second-order valence-electron chi connectivity index (χ2n) is 3.85. The van der Waals surface area contributed by atoms with Crippen LogP contribution in [0.1, 0.15) is 23.8 Å². The molecule has 0 aliphatic heterocycles. The third-order valence-electron chi connectivity index (χ3n) is 2.19. The average molecular weight is 237 g/mol. The Bertz CT molecular complexity index is 420. The van der Waals surface area contributed by atoms with Crippen molar-refractivity contribution in [3.8, 4) is 0 Å². The number of hydrogen-bond donors (Lipinski definition) is 3. The third kappa shape index (κ3) is 4.10. The molecule has 0 fully saturated rings. The van der Waals surface area contributed by atoms with Crippen LogP contribution in [-0.2, 0) is 4.79 Å². The van der Waals surface area contributed by atoms with Gasteiger partial charge in [-0.15, -0.1) is 0 Å². The topological polar surface area (TPSA) is 105 Å². The highest BCUT2D eigenvalue weighted by molar-refractivity contribution is 5.96. The lowest BCUT2D eigenvalue weighted by atomic mass is 10.1. The van der Waals surface area contributed by atoms with Crippen LogP contribution in [0.2, 0.25) is 0 Å². The fraction of sp³-hybridized carbons (Fsp3) is 0.364. The summed E-state index contributed by atoms with van der Waals surface area (Å²) in [5, 5.41) is 11.2. The Kier molecular flexibility index (Phi) is 4.45. The molecule has 1 heterocycles. The molecule has 1 unspecified atom stereocenters. The fourth-order valence-electron chi connectivity index (χ4n) is 1.33. The number of hydrogen-bond acceptors (Lipinski definition) is 4. The average Bonchev–Trinajstić information content (AvgIpc) is 2.25. The lowest BCUT2D eigenvalue weighted by molar-refractivity contribution is -0.137. The van der Waals surface area contributed by atoms with E-state index in [1.165, 1.54) is 6.20 Å². The molecule has 0 spiro atoms. The van der Waals surface area contributed by atoms with Crippen LogP contribution in [0, 0.1) is 5.92 Å². The molecule has 0 radical (unpaired) electrons. The molecule has 6 heteroatoms. The van der Waals surface area contributed by atoms with Crippen LogP contribution in [0.25, 0.3) is 0 Å². The Morgan fingerprint density at radius 1 is 1.59 bits per heavy atom. The summed E-state index contributed by atoms with van der Waals surface area (Å²) in [6, 6.07) is 3.22. The molecule has 0 aliphatic carbocycles. The van der Waals surface area contributed by atoms with Gasteiger partial charge >= 0.3 is 5.97 Å². The van der Waals surface area contributed by atoms with E-state index in [1.807, 2.05) is 0 Å². The first-order valence-electron chi connectivity index (χ1n) is 5.21. The van der Waals surface area contributed by atoms with Crippen molar-refractivity contribution in [3.05, 3.63) is 24.0 Å². The Morgan fingerprint density at radius 3 is 2.88 bits per heavy atom. The van der Waals surface area contributed by atoms with Crippen molar-refractivity contribution in [2.24, 2.45) is 5.92 Å². The molecule has 4 N–H and O–H groups in total. The molecule has 6 nitrogen and oxygen atoms in total. The van der Waals surface area contributed by atoms with Crippen LogP contribution >= 0.6 is 0 Å². The van der Waals surface area contributed by atoms with Crippen molar-refractivity contribution < 1.29 is 14.7 Å². The van der Waals surface area contributed by atoms with Crippen LogP contribution in [0.15, 0.2) is 18.3 Å². The number of pyridine rings is 1. The van der Waals surface area contributed by atoms with Crippen LogP contribution < -0.4 is 11.1 Å². The zero-order valence-electron chi connectivity index (χ0n) is 9.51. The van der Waals surface area contributed by atoms with Gasteiger partial charge in [-0.25, -0.2) is 4.98 Å². The number of nitrogen functional groups attached to an aromatic ring is 1. The molecule has 1 aromatic rings. The highest BCUT2D eigenvalue weighted by atomic mass is 16.4. The smallest absolute Gasteiger partial charge is 0.303 e. The maximum atomic E-state index is 11.7. The van der Waals surface area contributed by atoms with Crippen molar-refractivity contribution in [2.75, 3.05) is 12.3 Å². The molecule has 1 rings (SSSR count). The van der Waals surface area contributed by atoms with Crippen molar-refractivity contribution in [3.63, 3.8) is 0 Å². The molecule has 1 atom stereocenters. The number of aliphatic carboxylic acids is 1. The van der Waals surface area contributed by atoms with Gasteiger partial charge in [0.05, 0.1) is 5.69 Å². The number of aromatic nitrogens is 1. The monoisotopic (exact) mass is 237 g/mol. The number of rotatable bonds is 5. The zero-order valence-corrected chi connectivity index (χ0v) is 9.51. The Morgan fingerprint density at radius 2 is 2.29 bits per heavy atom. The van der Waals surface area contributed by atoms with Crippen molar-refractivity contribution in [1.29, 1.82) is 0 Å². The SMILES string of the molecule is CC(CNC(=O)c1ncccc1N)CC(=O)O. The van der Waals surface area contributed by atoms with E-state index in [0.717, 1.165) is 0 Å². The molecule has 0 saturated carbocycles. The first-order chi connectivity index (χ1) is 8.00. The van der Waals surface area contributed by atoms with E-state index in [2.05, 4.69) is 10.3 Å². The van der Waals surface area contributed by atoms with Crippen molar-refractivity contribution >= 4 is 17.6 Å². The number of nitrogens with one attached hydrogen (secondary N) is 1. The van der Waals surface area contributed by atoms with E-state index in [-0.39, 0.29) is 30.5 Å². The number of carboxylic acids is 1. The highest BCUT2D eigenvalue weighted by Crippen LogP contribution is 2.07. The number of carbonyl (C=O) groups is 2. The number of carbonyl (C=O) groups excluding carboxylic acids is 1. The van der Waals surface area contributed by atoms with Crippen LogP contribution in [0.5, 0.6) is 0 Å². The first-order valence-corrected chi connectivity index (χ1v) is 5.21. The number of anilines is 1. The van der Waals surface area contributed by atoms with Gasteiger partial charge < -0.3 is 16.2 Å². The first kappa shape index (κ1) is 13.0. The molecule has 1 amide bonds. The molecule has 0 aliphatic rings. The second kappa shape index (κ2) is 5.83. The van der Waals surface area contributed by atoms with Gasteiger partial charge in [-0.1, -0.05) is 6.92 Å². The number of carboxylic acid groups (broad SMARTS) is 1. The van der Waals surface area contributed by atoms with E-state index >= 15 is 0 Å². The minimum Gasteiger partial charge on any atom is -0.481 e. The predicted molar refractivity (Wildman–Crippen MR) is 62.4 cm³/mol. The quantitative estimate of drug-likeness (QED) is 0.691. The maximum Gasteiger partial charge on any atom is 0.303 e. The summed E-state index contributed by atoms with van der Waals surface area (Å²) in [5.41, 5.74) is 6.05. The van der Waals surface area contributed by atoms with E-state index in [9.17, 15) is 9.59 Å². The Balaban J connectivity index is 2.51. The van der Waals surface area contributed by atoms with Crippen molar-refractivity contribution in [2.45, 2.75) is 13.3 Å². The van der Waals surface area contributed by atoms with E-state index in [4.69, 9.17) is 10.8 Å². The minimum absolute atomic E-state index is 0.0119. The summed E-state index contributed by atoms with van der Waals surface area (Å²) in [4.78, 5) is 26.0. The molecular formula is C11H15N3O3. The highest BCUT2D eigenvalue weighted by Gasteiger charge is 2.13. The van der Waals surface area contributed by atoms with Gasteiger partial charge in [-0.2, -0.15) is 0 Å². The van der Waals surface area contributed by atoms with Crippen LogP contribution in [0.4, 0.5) is 5.69 Å². The van der Waals surface area contributed by atoms with E-state index in [0.29, 0.717) is 5.69 Å². The lowest BCUT2D eigenvalue weighted by Crippen LogP contribution is -2.30. The van der Waals surface area contributed by atoms with Crippen molar-refractivity contribution in [1.82, 2.24) is 10.3 Å². The summed E-state index contributed by atoms with van der Waals surface area (Å²) < 4.78 is 0. The van der Waals surface area contributed by atoms with E-state index in [1.54, 1.807) is 19.1 Å². The number of amides is 1. The standard InChI is InChI=1S/C11H15N3O3/c1-7(5-9(15)16)6-14-11(17)10-8(12)3-2-4-13-10/h2-4,7H,5-6,12H2,1H3,(H,14,17)(H,15,16). The molecule has 92 valence electrons. The van der Waals surface area contributed by atoms with Gasteiger partial charge in [0.25, 0.3) is 5.91 Å². The summed E-state index contributed by atoms with van der Waals surface area (Å²) in [7, 11) is 0. The molecular weight excluding hydrogens is 222 g/mol. The molecule has 0 bridgehead atoms. The van der Waals surface area contributed by atoms with Gasteiger partial charge in [0.1, 0.15) is 0 Å². The summed E-state index contributed by atoms with van der Waals surface area (Å²) in [6.45, 7) is 2.03. The molecule has 0 saturated heterocycles. The zero-order chi connectivity index (χ0) is 12.8. The Hall–Kier alpha value is -2.11. The van der Waals surface area contributed by atoms with Crippen LogP contribution in [0.3, 0.4) is 0 Å². The van der Waals surface area contributed by atoms with Gasteiger partial charge in [0.2, 0.25) is 0 Å². The maximum absolute atomic E-state index is 11.7. The minimum atomic E-state index is -0.885.